The van der Waals surface area contributed by atoms with Gasteiger partial charge < -0.3 is 15.2 Å². The van der Waals surface area contributed by atoms with Crippen LogP contribution in [-0.2, 0) is 9.59 Å². The van der Waals surface area contributed by atoms with Crippen molar-refractivity contribution in [3.05, 3.63) is 29.3 Å². The number of hydrogen-bond donors (Lipinski definition) is 2. The van der Waals surface area contributed by atoms with Crippen molar-refractivity contribution in [2.24, 2.45) is 11.8 Å². The summed E-state index contributed by atoms with van der Waals surface area (Å²) in [6.45, 7) is 7.49. The van der Waals surface area contributed by atoms with Crippen LogP contribution in [0.15, 0.2) is 18.2 Å². The van der Waals surface area contributed by atoms with Gasteiger partial charge in [0.25, 0.3) is 5.91 Å². The molecule has 0 heterocycles. The maximum atomic E-state index is 11.7. The molecular weight excluding hydrogens is 270 g/mol. The SMILES string of the molecule is Cc1ccc(C)c(OCC(=O)NCC(C(=O)O)C(C)C)c1. The Balaban J connectivity index is 2.47. The monoisotopic (exact) mass is 293 g/mol. The van der Waals surface area contributed by atoms with E-state index in [0.29, 0.717) is 5.75 Å². The highest BCUT2D eigenvalue weighted by Gasteiger charge is 2.21. The van der Waals surface area contributed by atoms with E-state index in [0.717, 1.165) is 11.1 Å². The molecule has 1 unspecified atom stereocenters. The van der Waals surface area contributed by atoms with Gasteiger partial charge in [0.05, 0.1) is 5.92 Å². The predicted molar refractivity (Wildman–Crippen MR) is 80.4 cm³/mol. The largest absolute Gasteiger partial charge is 0.483 e. The summed E-state index contributed by atoms with van der Waals surface area (Å²) >= 11 is 0. The molecule has 1 rings (SSSR count). The normalized spacial score (nSPS) is 12.0. The Kier molecular flexibility index (Phi) is 6.21. The molecule has 5 heteroatoms. The Morgan fingerprint density at radius 1 is 1.29 bits per heavy atom. The summed E-state index contributed by atoms with van der Waals surface area (Å²) in [5, 5.41) is 11.7. The summed E-state index contributed by atoms with van der Waals surface area (Å²) in [7, 11) is 0. The highest BCUT2D eigenvalue weighted by molar-refractivity contribution is 5.78. The zero-order valence-corrected chi connectivity index (χ0v) is 13.0. The first-order valence-electron chi connectivity index (χ1n) is 7.00. The third kappa shape index (κ3) is 5.45. The molecule has 0 aromatic heterocycles. The smallest absolute Gasteiger partial charge is 0.308 e. The van der Waals surface area contributed by atoms with Gasteiger partial charge >= 0.3 is 5.97 Å². The third-order valence-electron chi connectivity index (χ3n) is 3.34. The van der Waals surface area contributed by atoms with Gasteiger partial charge in [-0.3, -0.25) is 9.59 Å². The molecule has 0 saturated carbocycles. The summed E-state index contributed by atoms with van der Waals surface area (Å²) in [4.78, 5) is 22.8. The highest BCUT2D eigenvalue weighted by atomic mass is 16.5. The van der Waals surface area contributed by atoms with E-state index in [2.05, 4.69) is 5.32 Å². The van der Waals surface area contributed by atoms with E-state index in [1.807, 2.05) is 45.9 Å². The van der Waals surface area contributed by atoms with Gasteiger partial charge in [-0.25, -0.2) is 0 Å². The van der Waals surface area contributed by atoms with Crippen LogP contribution in [0.1, 0.15) is 25.0 Å². The van der Waals surface area contributed by atoms with Crippen LogP contribution in [0.25, 0.3) is 0 Å². The molecule has 21 heavy (non-hydrogen) atoms. The fourth-order valence-corrected chi connectivity index (χ4v) is 1.89. The van der Waals surface area contributed by atoms with Gasteiger partial charge in [0.1, 0.15) is 5.75 Å². The number of aryl methyl sites for hydroxylation is 2. The summed E-state index contributed by atoms with van der Waals surface area (Å²) in [6, 6.07) is 5.78. The Labute approximate surface area is 125 Å². The lowest BCUT2D eigenvalue weighted by Crippen LogP contribution is -2.37. The Hall–Kier alpha value is -2.04. The number of carboxylic acid groups (broad SMARTS) is 1. The number of aliphatic carboxylic acids is 1. The predicted octanol–water partition coefficient (Wildman–Crippen LogP) is 2.16. The summed E-state index contributed by atoms with van der Waals surface area (Å²) in [5.74, 6) is -1.18. The zero-order valence-electron chi connectivity index (χ0n) is 13.0. The lowest BCUT2D eigenvalue weighted by molar-refractivity contribution is -0.143. The minimum absolute atomic E-state index is 0.0391. The maximum absolute atomic E-state index is 11.7. The first kappa shape index (κ1) is 17.0. The number of rotatable bonds is 7. The maximum Gasteiger partial charge on any atom is 0.308 e. The summed E-state index contributed by atoms with van der Waals surface area (Å²) < 4.78 is 5.47. The van der Waals surface area contributed by atoms with E-state index >= 15 is 0 Å². The molecule has 0 spiro atoms. The van der Waals surface area contributed by atoms with Crippen LogP contribution in [0.2, 0.25) is 0 Å². The van der Waals surface area contributed by atoms with Crippen LogP contribution in [0.5, 0.6) is 5.75 Å². The number of amides is 1. The van der Waals surface area contributed by atoms with Gasteiger partial charge in [-0.05, 0) is 37.0 Å². The van der Waals surface area contributed by atoms with Crippen molar-refractivity contribution in [2.75, 3.05) is 13.2 Å². The minimum atomic E-state index is -0.902. The fourth-order valence-electron chi connectivity index (χ4n) is 1.89. The number of ether oxygens (including phenoxy) is 1. The van der Waals surface area contributed by atoms with Crippen molar-refractivity contribution in [3.8, 4) is 5.75 Å². The molecule has 1 atom stereocenters. The summed E-state index contributed by atoms with van der Waals surface area (Å²) in [6.07, 6.45) is 0. The van der Waals surface area contributed by atoms with Crippen LogP contribution in [0, 0.1) is 25.7 Å². The number of nitrogens with one attached hydrogen (secondary N) is 1. The molecule has 0 aliphatic carbocycles. The van der Waals surface area contributed by atoms with E-state index in [4.69, 9.17) is 9.84 Å². The number of carboxylic acids is 1. The molecule has 116 valence electrons. The van der Waals surface area contributed by atoms with Crippen molar-refractivity contribution in [1.82, 2.24) is 5.32 Å². The van der Waals surface area contributed by atoms with E-state index in [1.165, 1.54) is 0 Å². The first-order valence-corrected chi connectivity index (χ1v) is 7.00. The molecule has 0 radical (unpaired) electrons. The first-order chi connectivity index (χ1) is 9.81. The van der Waals surface area contributed by atoms with Gasteiger partial charge in [0.2, 0.25) is 0 Å². The third-order valence-corrected chi connectivity index (χ3v) is 3.34. The standard InChI is InChI=1S/C16H23NO4/c1-10(2)13(16(19)20)8-17-15(18)9-21-14-7-11(3)5-6-12(14)4/h5-7,10,13H,8-9H2,1-4H3,(H,17,18)(H,19,20). The zero-order chi connectivity index (χ0) is 16.0. The van der Waals surface area contributed by atoms with Crippen LogP contribution < -0.4 is 10.1 Å². The molecule has 0 aliphatic heterocycles. The second-order valence-electron chi connectivity index (χ2n) is 5.55. The van der Waals surface area contributed by atoms with Crippen LogP contribution in [0.4, 0.5) is 0 Å². The summed E-state index contributed by atoms with van der Waals surface area (Å²) in [5.41, 5.74) is 2.01. The molecule has 1 aromatic rings. The van der Waals surface area contributed by atoms with Crippen molar-refractivity contribution in [2.45, 2.75) is 27.7 Å². The van der Waals surface area contributed by atoms with E-state index in [-0.39, 0.29) is 25.0 Å². The Bertz CT molecular complexity index is 511. The Morgan fingerprint density at radius 3 is 2.52 bits per heavy atom. The van der Waals surface area contributed by atoms with Gasteiger partial charge in [-0.15, -0.1) is 0 Å². The molecule has 0 aliphatic rings. The highest BCUT2D eigenvalue weighted by Crippen LogP contribution is 2.18. The van der Waals surface area contributed by atoms with Crippen molar-refractivity contribution < 1.29 is 19.4 Å². The van der Waals surface area contributed by atoms with Crippen molar-refractivity contribution in [1.29, 1.82) is 0 Å². The van der Waals surface area contributed by atoms with E-state index < -0.39 is 11.9 Å². The average molecular weight is 293 g/mol. The molecule has 1 amide bonds. The van der Waals surface area contributed by atoms with Gasteiger partial charge in [0.15, 0.2) is 6.61 Å². The van der Waals surface area contributed by atoms with Crippen LogP contribution in [0.3, 0.4) is 0 Å². The lowest BCUT2D eigenvalue weighted by atomic mass is 9.96. The topological polar surface area (TPSA) is 75.6 Å². The second-order valence-corrected chi connectivity index (χ2v) is 5.55. The van der Waals surface area contributed by atoms with Gasteiger partial charge in [-0.2, -0.15) is 0 Å². The quantitative estimate of drug-likeness (QED) is 0.807. The molecule has 0 bridgehead atoms. The van der Waals surface area contributed by atoms with E-state index in [1.54, 1.807) is 0 Å². The Morgan fingerprint density at radius 2 is 1.95 bits per heavy atom. The average Bonchev–Trinajstić information content (AvgIpc) is 2.39. The molecule has 0 saturated heterocycles. The lowest BCUT2D eigenvalue weighted by Gasteiger charge is -2.17. The van der Waals surface area contributed by atoms with Crippen molar-refractivity contribution >= 4 is 11.9 Å². The fraction of sp³-hybridized carbons (Fsp3) is 0.500. The number of hydrogen-bond acceptors (Lipinski definition) is 3. The van der Waals surface area contributed by atoms with Crippen LogP contribution in [-0.4, -0.2) is 30.1 Å². The van der Waals surface area contributed by atoms with E-state index in [9.17, 15) is 9.59 Å². The van der Waals surface area contributed by atoms with Crippen molar-refractivity contribution in [3.63, 3.8) is 0 Å². The minimum Gasteiger partial charge on any atom is -0.483 e. The number of carbonyl (C=O) groups excluding carboxylic acids is 1. The second kappa shape index (κ2) is 7.67. The number of carbonyl (C=O) groups is 2. The van der Waals surface area contributed by atoms with Crippen LogP contribution >= 0.6 is 0 Å². The van der Waals surface area contributed by atoms with Gasteiger partial charge in [0, 0.05) is 6.54 Å². The molecule has 5 nitrogen and oxygen atoms in total. The molecule has 0 fully saturated rings. The molecular formula is C16H23NO4. The molecule has 1 aromatic carbocycles. The number of benzene rings is 1. The molecule has 2 N–H and O–H groups in total. The van der Waals surface area contributed by atoms with Gasteiger partial charge in [-0.1, -0.05) is 26.0 Å².